The Morgan fingerprint density at radius 3 is 2.41 bits per heavy atom. The van der Waals surface area contributed by atoms with Gasteiger partial charge in [0.15, 0.2) is 41.3 Å². The minimum Gasteiger partial charge on any atom is -0.382 e. The molecule has 9 atom stereocenters. The van der Waals surface area contributed by atoms with Gasteiger partial charge in [-0.25, -0.2) is 33.5 Å². The van der Waals surface area contributed by atoms with Crippen LogP contribution in [0.3, 0.4) is 0 Å². The molecular weight excluding hydrogens is 637 g/mol. The lowest BCUT2D eigenvalue weighted by Crippen LogP contribution is -2.32. The average molecular weight is 660 g/mol. The van der Waals surface area contributed by atoms with E-state index in [0.717, 1.165) is 6.33 Å². The van der Waals surface area contributed by atoms with Crippen LogP contribution in [0, 0.1) is 0 Å². The smallest absolute Gasteiger partial charge is 0.382 e. The predicted octanol–water partition coefficient (Wildman–Crippen LogP) is -0.335. The van der Waals surface area contributed by atoms with Crippen LogP contribution in [-0.2, 0) is 36.7 Å². The Hall–Kier alpha value is -3.43. The fourth-order valence-electron chi connectivity index (χ4n) is 5.24. The van der Waals surface area contributed by atoms with Gasteiger partial charge in [0, 0.05) is 6.42 Å². The lowest BCUT2D eigenvalue weighted by atomic mass is 10.1. The van der Waals surface area contributed by atoms with Crippen molar-refractivity contribution in [1.29, 1.82) is 0 Å². The van der Waals surface area contributed by atoms with E-state index in [1.54, 1.807) is 0 Å². The first kappa shape index (κ1) is 29.3. The Labute approximate surface area is 243 Å². The molecule has 3 fully saturated rings. The first-order valence-corrected chi connectivity index (χ1v) is 15.8. The van der Waals surface area contributed by atoms with E-state index >= 15 is 4.39 Å². The molecule has 0 spiro atoms. The van der Waals surface area contributed by atoms with Crippen LogP contribution in [0.15, 0.2) is 23.8 Å². The minimum atomic E-state index is -5.02. The van der Waals surface area contributed by atoms with Gasteiger partial charge < -0.3 is 30.7 Å². The molecule has 236 valence electrons. The standard InChI is InChI=1S/C20H23FN10O11P2/c21-10-9-3-38-43(33,34)41-8-1-7(39-18(8)31-6-27-12-16(31)28-20(23)29-17(12)32)2-37-44(35,36)42-13(10)19(40-9)30-5-26-11-14(22)24-4-25-15(11)30/h4-10,13,18-19H,1-3H2,(H,33,34)(H,35,36)(H2,22,24,25)(H3,23,28,29,32)/t7-,8+,9+,10+,13+,18+,19+/m0/s1. The van der Waals surface area contributed by atoms with Crippen molar-refractivity contribution >= 4 is 49.7 Å². The van der Waals surface area contributed by atoms with E-state index < -0.39 is 77.5 Å². The van der Waals surface area contributed by atoms with Gasteiger partial charge in [-0.15, -0.1) is 0 Å². The number of imidazole rings is 2. The third kappa shape index (κ3) is 5.17. The van der Waals surface area contributed by atoms with E-state index in [-0.39, 0.29) is 40.5 Å². The number of alkyl halides is 1. The van der Waals surface area contributed by atoms with E-state index in [1.807, 2.05) is 0 Å². The number of hydrogen-bond donors (Lipinski definition) is 5. The van der Waals surface area contributed by atoms with E-state index in [9.17, 15) is 23.7 Å². The van der Waals surface area contributed by atoms with Crippen molar-refractivity contribution in [2.75, 3.05) is 24.7 Å². The van der Waals surface area contributed by atoms with Gasteiger partial charge in [-0.2, -0.15) is 4.98 Å². The summed E-state index contributed by atoms with van der Waals surface area (Å²) in [5, 5.41) is 0. The van der Waals surface area contributed by atoms with Crippen LogP contribution in [0.5, 0.6) is 0 Å². The Morgan fingerprint density at radius 1 is 0.909 bits per heavy atom. The monoisotopic (exact) mass is 660 g/mol. The number of hydrogen-bond acceptors (Lipinski definition) is 16. The second-order valence-electron chi connectivity index (χ2n) is 9.99. The highest BCUT2D eigenvalue weighted by Crippen LogP contribution is 2.54. The molecule has 3 aliphatic rings. The maximum Gasteiger partial charge on any atom is 0.472 e. The number of nitrogens with one attached hydrogen (secondary N) is 1. The molecule has 44 heavy (non-hydrogen) atoms. The third-order valence-electron chi connectivity index (χ3n) is 7.14. The number of halogens is 1. The van der Waals surface area contributed by atoms with Crippen molar-refractivity contribution in [3.63, 3.8) is 0 Å². The molecule has 3 aliphatic heterocycles. The number of rotatable bonds is 2. The van der Waals surface area contributed by atoms with Gasteiger partial charge in [-0.1, -0.05) is 0 Å². The van der Waals surface area contributed by atoms with Gasteiger partial charge in [-0.3, -0.25) is 37.0 Å². The number of phosphoric ester groups is 2. The minimum absolute atomic E-state index is 0.0110. The third-order valence-corrected chi connectivity index (χ3v) is 9.14. The van der Waals surface area contributed by atoms with Crippen molar-refractivity contribution in [3.8, 4) is 0 Å². The first-order chi connectivity index (χ1) is 20.9. The lowest BCUT2D eigenvalue weighted by Gasteiger charge is -2.24. The molecule has 0 saturated carbocycles. The largest absolute Gasteiger partial charge is 0.472 e. The highest BCUT2D eigenvalue weighted by atomic mass is 31.2. The SMILES string of the molecule is Nc1nc2c(ncn2[C@@H]2O[C@@H]3COP(=O)(O)O[C@@H]4[C@H](F)[C@@H](COP(=O)(O)O[C@@H]2C3)O[C@H]4n2cnc3c(N)ncnc32)c(=O)[nH]1. The molecule has 0 amide bonds. The van der Waals surface area contributed by atoms with E-state index in [2.05, 4.69) is 29.9 Å². The van der Waals surface area contributed by atoms with Gasteiger partial charge in [0.25, 0.3) is 5.56 Å². The fourth-order valence-corrected chi connectivity index (χ4v) is 7.12. The summed E-state index contributed by atoms with van der Waals surface area (Å²) in [7, 11) is -9.97. The Balaban J connectivity index is 1.20. The van der Waals surface area contributed by atoms with E-state index in [4.69, 9.17) is 39.0 Å². The van der Waals surface area contributed by atoms with Crippen molar-refractivity contribution in [2.24, 2.45) is 0 Å². The molecule has 21 nitrogen and oxygen atoms in total. The molecule has 0 radical (unpaired) electrons. The van der Waals surface area contributed by atoms with Crippen LogP contribution in [0.1, 0.15) is 18.9 Å². The number of fused-ring (bicyclic) bond motifs is 6. The second-order valence-corrected chi connectivity index (χ2v) is 12.8. The summed E-state index contributed by atoms with van der Waals surface area (Å²) in [6.07, 6.45) is -7.34. The predicted molar refractivity (Wildman–Crippen MR) is 141 cm³/mol. The molecule has 4 aromatic heterocycles. The number of nitrogens with two attached hydrogens (primary N) is 2. The summed E-state index contributed by atoms with van der Waals surface area (Å²) in [4.78, 5) is 55.8. The zero-order valence-corrected chi connectivity index (χ0v) is 23.8. The van der Waals surface area contributed by atoms with Crippen molar-refractivity contribution in [3.05, 3.63) is 29.3 Å². The molecule has 3 saturated heterocycles. The van der Waals surface area contributed by atoms with Gasteiger partial charge >= 0.3 is 15.6 Å². The van der Waals surface area contributed by atoms with Crippen molar-refractivity contribution < 1.29 is 50.9 Å². The Kier molecular flexibility index (Phi) is 7.05. The summed E-state index contributed by atoms with van der Waals surface area (Å²) in [5.41, 5.74) is 10.9. The molecule has 7 heterocycles. The van der Waals surface area contributed by atoms with Crippen LogP contribution in [-0.4, -0.2) is 92.6 Å². The number of anilines is 2. The number of nitrogen functional groups attached to an aromatic ring is 2. The van der Waals surface area contributed by atoms with Crippen molar-refractivity contribution in [1.82, 2.24) is 39.0 Å². The van der Waals surface area contributed by atoms with Crippen LogP contribution < -0.4 is 17.0 Å². The molecule has 4 bridgehead atoms. The summed E-state index contributed by atoms with van der Waals surface area (Å²) in [5.74, 6) is -0.224. The Morgan fingerprint density at radius 2 is 1.61 bits per heavy atom. The summed E-state index contributed by atoms with van der Waals surface area (Å²) >= 11 is 0. The number of nitrogens with zero attached hydrogens (tertiary/aromatic N) is 7. The molecule has 7 N–H and O–H groups in total. The first-order valence-electron chi connectivity index (χ1n) is 12.8. The number of phosphoric acid groups is 2. The number of ether oxygens (including phenoxy) is 2. The molecular formula is C20H23FN10O11P2. The number of H-pyrrole nitrogens is 1. The van der Waals surface area contributed by atoms with Crippen LogP contribution >= 0.6 is 15.6 Å². The van der Waals surface area contributed by atoms with E-state index in [0.29, 0.717) is 0 Å². The maximum absolute atomic E-state index is 15.7. The molecule has 2 unspecified atom stereocenters. The van der Waals surface area contributed by atoms with Gasteiger partial charge in [0.1, 0.15) is 30.2 Å². The zero-order valence-electron chi connectivity index (χ0n) is 22.0. The number of aromatic amines is 1. The highest BCUT2D eigenvalue weighted by molar-refractivity contribution is 7.47. The quantitative estimate of drug-likeness (QED) is 0.172. The summed E-state index contributed by atoms with van der Waals surface area (Å²) in [6, 6.07) is 0. The summed E-state index contributed by atoms with van der Waals surface area (Å²) in [6.45, 7) is -1.46. The molecule has 7 rings (SSSR count). The van der Waals surface area contributed by atoms with E-state index in [1.165, 1.54) is 21.8 Å². The number of aromatic nitrogens is 8. The van der Waals surface area contributed by atoms with Gasteiger partial charge in [0.05, 0.1) is 32.0 Å². The lowest BCUT2D eigenvalue weighted by molar-refractivity contribution is -0.0670. The molecule has 0 aromatic carbocycles. The Bertz CT molecular complexity index is 1900. The second kappa shape index (κ2) is 10.6. The molecule has 0 aliphatic carbocycles. The van der Waals surface area contributed by atoms with Crippen LogP contribution in [0.2, 0.25) is 0 Å². The highest BCUT2D eigenvalue weighted by Gasteiger charge is 2.52. The molecule has 4 aromatic rings. The fraction of sp³-hybridized carbons (Fsp3) is 0.500. The zero-order chi connectivity index (χ0) is 31.0. The maximum atomic E-state index is 15.7. The van der Waals surface area contributed by atoms with Gasteiger partial charge in [0.2, 0.25) is 5.95 Å². The average Bonchev–Trinajstić information content (AvgIpc) is 3.72. The van der Waals surface area contributed by atoms with Crippen LogP contribution in [0.4, 0.5) is 16.2 Å². The normalized spacial score (nSPS) is 36.6. The summed E-state index contributed by atoms with van der Waals surface area (Å²) < 4.78 is 76.9. The van der Waals surface area contributed by atoms with Gasteiger partial charge in [-0.05, 0) is 0 Å². The molecule has 24 heteroatoms. The van der Waals surface area contributed by atoms with Crippen molar-refractivity contribution in [2.45, 2.75) is 49.5 Å². The van der Waals surface area contributed by atoms with Crippen LogP contribution in [0.25, 0.3) is 22.3 Å². The topological polar surface area (TPSA) is 289 Å².